The lowest BCUT2D eigenvalue weighted by atomic mass is 9.74. The van der Waals surface area contributed by atoms with E-state index in [2.05, 4.69) is 10.2 Å². The molecule has 0 aromatic carbocycles. The Morgan fingerprint density at radius 2 is 1.85 bits per heavy atom. The molecule has 5 rings (SSSR count). The van der Waals surface area contributed by atoms with Gasteiger partial charge in [0.05, 0.1) is 31.8 Å². The van der Waals surface area contributed by atoms with Crippen molar-refractivity contribution in [1.82, 2.24) is 20.0 Å². The quantitative estimate of drug-likeness (QED) is 0.233. The van der Waals surface area contributed by atoms with Crippen LogP contribution in [0.4, 0.5) is 0 Å². The molecule has 0 aromatic heterocycles. The van der Waals surface area contributed by atoms with Gasteiger partial charge in [0.1, 0.15) is 23.7 Å². The summed E-state index contributed by atoms with van der Waals surface area (Å²) in [4.78, 5) is 59.8. The fourth-order valence-corrected chi connectivity index (χ4v) is 6.60. The largest absolute Gasteiger partial charge is 0.460 e. The zero-order valence-electron chi connectivity index (χ0n) is 23.7. The Labute approximate surface area is 240 Å². The number of cyclic esters (lactones) is 1. The molecule has 12 heteroatoms. The number of allylic oxidation sites excluding steroid dienone is 1. The third kappa shape index (κ3) is 6.06. The first-order valence-corrected chi connectivity index (χ1v) is 14.9. The SMILES string of the molecule is C[C@@H]1CNC(=O)CC/C=C\CN(CCN2CCOCC2)C(=O)[C@@H]2N(CCCCO)C(=O)[C@H]3[C@H](C(=O)O1)[C@@H]1C=C[C@]23O1. The molecule has 5 heterocycles. The molecule has 0 radical (unpaired) electrons. The number of aliphatic hydroxyl groups excluding tert-OH is 1. The Bertz CT molecular complexity index is 1060. The van der Waals surface area contributed by atoms with Crippen molar-refractivity contribution in [2.24, 2.45) is 11.8 Å². The molecule has 0 saturated carbocycles. The molecule has 3 saturated heterocycles. The summed E-state index contributed by atoms with van der Waals surface area (Å²) in [6.45, 7) is 6.37. The lowest BCUT2D eigenvalue weighted by Gasteiger charge is -2.37. The highest BCUT2D eigenvalue weighted by atomic mass is 16.6. The highest BCUT2D eigenvalue weighted by molar-refractivity contribution is 5.99. The standard InChI is InChI=1S/C29H42N4O8/c1-20-19-30-22(35)7-3-2-4-10-32(13-12-31-14-17-39-18-15-31)27(37)25-29-9-8-21(41-29)23(28(38)40-20)24(29)26(36)33(25)11-5-6-16-34/h2,4,8-9,20-21,23-25,34H,3,5-7,10-19H2,1H3,(H,30,35)/b4-2-/t20-,21+,23-,24-,25+,29-/m1/s1. The molecule has 5 bridgehead atoms. The van der Waals surface area contributed by atoms with Gasteiger partial charge in [0.25, 0.3) is 0 Å². The molecule has 226 valence electrons. The Hall–Kier alpha value is -2.80. The molecule has 0 unspecified atom stereocenters. The number of carbonyl (C=O) groups is 4. The lowest BCUT2D eigenvalue weighted by molar-refractivity contribution is -0.158. The number of likely N-dealkylation sites (tertiary alicyclic amines) is 1. The van der Waals surface area contributed by atoms with Crippen LogP contribution in [0.3, 0.4) is 0 Å². The number of nitrogens with zero attached hydrogens (tertiary/aromatic N) is 3. The number of esters is 1. The molecule has 0 aromatic rings. The van der Waals surface area contributed by atoms with Gasteiger partial charge in [0, 0.05) is 52.3 Å². The van der Waals surface area contributed by atoms with Gasteiger partial charge >= 0.3 is 5.97 Å². The molecular weight excluding hydrogens is 532 g/mol. The van der Waals surface area contributed by atoms with E-state index >= 15 is 0 Å². The predicted molar refractivity (Wildman–Crippen MR) is 146 cm³/mol. The fourth-order valence-electron chi connectivity index (χ4n) is 6.60. The first-order chi connectivity index (χ1) is 19.9. The second-order valence-corrected chi connectivity index (χ2v) is 11.5. The van der Waals surface area contributed by atoms with E-state index < -0.39 is 41.7 Å². The number of hydrogen-bond acceptors (Lipinski definition) is 9. The maximum Gasteiger partial charge on any atom is 0.313 e. The number of nitrogens with one attached hydrogen (secondary N) is 1. The first-order valence-electron chi connectivity index (χ1n) is 14.9. The van der Waals surface area contributed by atoms with Crippen LogP contribution in [0.2, 0.25) is 0 Å². The van der Waals surface area contributed by atoms with E-state index in [4.69, 9.17) is 14.2 Å². The van der Waals surface area contributed by atoms with Crippen LogP contribution in [-0.2, 0) is 33.4 Å². The first kappa shape index (κ1) is 29.7. The topological polar surface area (TPSA) is 138 Å². The van der Waals surface area contributed by atoms with Gasteiger partial charge in [-0.15, -0.1) is 0 Å². The molecule has 41 heavy (non-hydrogen) atoms. The summed E-state index contributed by atoms with van der Waals surface area (Å²) in [6.07, 6.45) is 7.87. The Morgan fingerprint density at radius 3 is 2.63 bits per heavy atom. The Balaban J connectivity index is 1.47. The lowest BCUT2D eigenvalue weighted by Crippen LogP contribution is -2.57. The third-order valence-electron chi connectivity index (χ3n) is 8.72. The van der Waals surface area contributed by atoms with E-state index in [0.717, 1.165) is 13.1 Å². The number of morpholine rings is 1. The summed E-state index contributed by atoms with van der Waals surface area (Å²) >= 11 is 0. The molecule has 6 atom stereocenters. The summed E-state index contributed by atoms with van der Waals surface area (Å²) in [6, 6.07) is -0.938. The van der Waals surface area contributed by atoms with Crippen LogP contribution in [0, 0.1) is 11.8 Å². The van der Waals surface area contributed by atoms with Crippen molar-refractivity contribution >= 4 is 23.7 Å². The van der Waals surface area contributed by atoms with Crippen molar-refractivity contribution in [3.8, 4) is 0 Å². The summed E-state index contributed by atoms with van der Waals surface area (Å²) in [5.74, 6) is -3.04. The van der Waals surface area contributed by atoms with Crippen LogP contribution in [-0.4, -0.2) is 133 Å². The number of unbranched alkanes of at least 4 members (excludes halogenated alkanes) is 1. The number of rotatable bonds is 7. The molecule has 5 aliphatic rings. The average molecular weight is 575 g/mol. The van der Waals surface area contributed by atoms with Crippen LogP contribution >= 0.6 is 0 Å². The van der Waals surface area contributed by atoms with E-state index in [1.807, 2.05) is 12.2 Å². The molecule has 2 N–H and O–H groups in total. The summed E-state index contributed by atoms with van der Waals surface area (Å²) in [7, 11) is 0. The van der Waals surface area contributed by atoms with Crippen molar-refractivity contribution in [2.45, 2.75) is 56.5 Å². The van der Waals surface area contributed by atoms with Crippen molar-refractivity contribution in [1.29, 1.82) is 0 Å². The molecule has 3 amide bonds. The van der Waals surface area contributed by atoms with Crippen LogP contribution in [0.25, 0.3) is 0 Å². The predicted octanol–water partition coefficient (Wildman–Crippen LogP) is -0.532. The minimum atomic E-state index is -1.27. The minimum absolute atomic E-state index is 0.0203. The van der Waals surface area contributed by atoms with Crippen LogP contribution in [0.1, 0.15) is 32.6 Å². The monoisotopic (exact) mass is 574 g/mol. The van der Waals surface area contributed by atoms with Crippen molar-refractivity contribution in [3.05, 3.63) is 24.3 Å². The van der Waals surface area contributed by atoms with E-state index in [9.17, 15) is 24.3 Å². The number of fused-ring (bicyclic) bond motifs is 2. The zero-order chi connectivity index (χ0) is 29.0. The summed E-state index contributed by atoms with van der Waals surface area (Å²) in [5.41, 5.74) is -1.27. The van der Waals surface area contributed by atoms with Gasteiger partial charge in [-0.2, -0.15) is 0 Å². The number of aliphatic hydroxyl groups is 1. The van der Waals surface area contributed by atoms with Gasteiger partial charge in [-0.3, -0.25) is 24.1 Å². The summed E-state index contributed by atoms with van der Waals surface area (Å²) < 4.78 is 17.6. The van der Waals surface area contributed by atoms with Crippen molar-refractivity contribution < 1.29 is 38.5 Å². The van der Waals surface area contributed by atoms with Gasteiger partial charge in [-0.25, -0.2) is 0 Å². The second-order valence-electron chi connectivity index (χ2n) is 11.5. The second kappa shape index (κ2) is 13.0. The molecular formula is C29H42N4O8. The van der Waals surface area contributed by atoms with Gasteiger partial charge in [0.15, 0.2) is 0 Å². The van der Waals surface area contributed by atoms with Crippen molar-refractivity contribution in [2.75, 3.05) is 65.6 Å². The average Bonchev–Trinajstić information content (AvgIpc) is 3.61. The van der Waals surface area contributed by atoms with Crippen LogP contribution in [0.15, 0.2) is 24.3 Å². The Kier molecular flexibility index (Phi) is 9.42. The van der Waals surface area contributed by atoms with E-state index in [0.29, 0.717) is 52.1 Å². The van der Waals surface area contributed by atoms with Crippen LogP contribution in [0.5, 0.6) is 0 Å². The smallest absolute Gasteiger partial charge is 0.313 e. The van der Waals surface area contributed by atoms with Crippen LogP contribution < -0.4 is 5.32 Å². The molecule has 0 aliphatic carbocycles. The number of ether oxygens (including phenoxy) is 3. The molecule has 5 aliphatic heterocycles. The highest BCUT2D eigenvalue weighted by Gasteiger charge is 2.73. The molecule has 1 spiro atoms. The van der Waals surface area contributed by atoms with E-state index in [1.54, 1.807) is 28.9 Å². The molecule has 3 fully saturated rings. The van der Waals surface area contributed by atoms with Crippen molar-refractivity contribution in [3.63, 3.8) is 0 Å². The fraction of sp³-hybridized carbons (Fsp3) is 0.724. The maximum absolute atomic E-state index is 14.5. The number of hydrogen-bond donors (Lipinski definition) is 2. The van der Waals surface area contributed by atoms with Gasteiger partial charge < -0.3 is 34.4 Å². The maximum atomic E-state index is 14.5. The Morgan fingerprint density at radius 1 is 1.05 bits per heavy atom. The number of amides is 3. The third-order valence-corrected chi connectivity index (χ3v) is 8.72. The highest BCUT2D eigenvalue weighted by Crippen LogP contribution is 2.55. The molecule has 12 nitrogen and oxygen atoms in total. The van der Waals surface area contributed by atoms with Gasteiger partial charge in [0.2, 0.25) is 17.7 Å². The van der Waals surface area contributed by atoms with Gasteiger partial charge in [-0.05, 0) is 26.2 Å². The van der Waals surface area contributed by atoms with E-state index in [-0.39, 0.29) is 43.8 Å². The van der Waals surface area contributed by atoms with E-state index in [1.165, 1.54) is 0 Å². The summed E-state index contributed by atoms with van der Waals surface area (Å²) in [5, 5.41) is 12.2. The minimum Gasteiger partial charge on any atom is -0.460 e. The van der Waals surface area contributed by atoms with Gasteiger partial charge in [-0.1, -0.05) is 24.3 Å². The normalized spacial score (nSPS) is 35.5. The number of carbonyl (C=O) groups excluding carboxylic acids is 4. The zero-order valence-corrected chi connectivity index (χ0v) is 23.7.